The molecule has 88 valence electrons. The van der Waals surface area contributed by atoms with Gasteiger partial charge in [0.25, 0.3) is 0 Å². The fourth-order valence-corrected chi connectivity index (χ4v) is 3.16. The van der Waals surface area contributed by atoms with Crippen molar-refractivity contribution in [3.05, 3.63) is 35.1 Å². The van der Waals surface area contributed by atoms with Crippen molar-refractivity contribution in [2.45, 2.75) is 31.6 Å². The van der Waals surface area contributed by atoms with E-state index in [1.807, 2.05) is 23.9 Å². The molecule has 1 fully saturated rings. The summed E-state index contributed by atoms with van der Waals surface area (Å²) < 4.78 is 13.3. The van der Waals surface area contributed by atoms with Crippen LogP contribution in [-0.2, 0) is 6.54 Å². The van der Waals surface area contributed by atoms with Crippen molar-refractivity contribution in [2.24, 2.45) is 0 Å². The topological polar surface area (TPSA) is 12.0 Å². The number of nitrogens with one attached hydrogen (secondary N) is 1. The van der Waals surface area contributed by atoms with Gasteiger partial charge < -0.3 is 5.32 Å². The molecule has 1 aliphatic rings. The maximum Gasteiger partial charge on any atom is 0.126 e. The third-order valence-electron chi connectivity index (χ3n) is 2.96. The molecule has 3 heteroatoms. The molecule has 2 rings (SSSR count). The Bertz CT molecular complexity index is 348. The Morgan fingerprint density at radius 2 is 2.38 bits per heavy atom. The van der Waals surface area contributed by atoms with Crippen LogP contribution in [0, 0.1) is 12.7 Å². The quantitative estimate of drug-likeness (QED) is 0.866. The van der Waals surface area contributed by atoms with E-state index in [1.54, 1.807) is 13.0 Å². The molecule has 1 N–H and O–H groups in total. The summed E-state index contributed by atoms with van der Waals surface area (Å²) in [5, 5.41) is 4.16. The molecular formula is C13H18FNS. The Morgan fingerprint density at radius 1 is 1.50 bits per heavy atom. The summed E-state index contributed by atoms with van der Waals surface area (Å²) in [6.45, 7) is 3.61. The Morgan fingerprint density at radius 3 is 3.06 bits per heavy atom. The highest BCUT2D eigenvalue weighted by molar-refractivity contribution is 8.00. The molecule has 1 atom stereocenters. The number of thioether (sulfide) groups is 1. The lowest BCUT2D eigenvalue weighted by atomic mass is 10.1. The van der Waals surface area contributed by atoms with E-state index in [1.165, 1.54) is 18.6 Å². The van der Waals surface area contributed by atoms with Gasteiger partial charge in [-0.05, 0) is 42.7 Å². The third kappa shape index (κ3) is 3.22. The van der Waals surface area contributed by atoms with E-state index in [9.17, 15) is 4.39 Å². The highest BCUT2D eigenvalue weighted by Crippen LogP contribution is 2.25. The van der Waals surface area contributed by atoms with Crippen LogP contribution in [0.3, 0.4) is 0 Å². The maximum absolute atomic E-state index is 13.3. The highest BCUT2D eigenvalue weighted by atomic mass is 32.2. The van der Waals surface area contributed by atoms with Gasteiger partial charge in [-0.3, -0.25) is 0 Å². The van der Waals surface area contributed by atoms with E-state index in [4.69, 9.17) is 0 Å². The standard InChI is InChI=1S/C13H18FNS/c1-10-4-5-11(7-13(10)14)8-15-9-12-3-2-6-16-12/h4-5,7,12,15H,2-3,6,8-9H2,1H3. The van der Waals surface area contributed by atoms with Crippen LogP contribution in [-0.4, -0.2) is 17.5 Å². The fraction of sp³-hybridized carbons (Fsp3) is 0.538. The first-order valence-electron chi connectivity index (χ1n) is 5.83. The third-order valence-corrected chi connectivity index (χ3v) is 4.36. The summed E-state index contributed by atoms with van der Waals surface area (Å²) in [5.41, 5.74) is 1.75. The first kappa shape index (κ1) is 11.9. The molecule has 0 radical (unpaired) electrons. The number of benzene rings is 1. The number of rotatable bonds is 4. The predicted octanol–water partition coefficient (Wildman–Crippen LogP) is 3.12. The summed E-state index contributed by atoms with van der Waals surface area (Å²) in [5.74, 6) is 1.19. The molecule has 0 bridgehead atoms. The molecule has 1 aromatic rings. The molecule has 1 aromatic carbocycles. The molecule has 1 unspecified atom stereocenters. The first-order valence-corrected chi connectivity index (χ1v) is 6.88. The van der Waals surface area contributed by atoms with Gasteiger partial charge in [-0.15, -0.1) is 0 Å². The molecule has 0 spiro atoms. The van der Waals surface area contributed by atoms with Gasteiger partial charge in [-0.2, -0.15) is 11.8 Å². The van der Waals surface area contributed by atoms with Crippen molar-refractivity contribution in [1.29, 1.82) is 0 Å². The average Bonchev–Trinajstić information content (AvgIpc) is 2.76. The van der Waals surface area contributed by atoms with E-state index >= 15 is 0 Å². The lowest BCUT2D eigenvalue weighted by Gasteiger charge is -2.10. The molecule has 1 aliphatic heterocycles. The minimum Gasteiger partial charge on any atom is -0.312 e. The minimum absolute atomic E-state index is 0.102. The van der Waals surface area contributed by atoms with Crippen LogP contribution < -0.4 is 5.32 Å². The van der Waals surface area contributed by atoms with Crippen LogP contribution in [0.15, 0.2) is 18.2 Å². The zero-order valence-corrected chi connectivity index (χ0v) is 10.4. The summed E-state index contributed by atoms with van der Waals surface area (Å²) in [7, 11) is 0. The van der Waals surface area contributed by atoms with Crippen LogP contribution in [0.2, 0.25) is 0 Å². The van der Waals surface area contributed by atoms with Gasteiger partial charge >= 0.3 is 0 Å². The molecule has 1 nitrogen and oxygen atoms in total. The number of hydrogen-bond donors (Lipinski definition) is 1. The monoisotopic (exact) mass is 239 g/mol. The van der Waals surface area contributed by atoms with Crippen molar-refractivity contribution in [2.75, 3.05) is 12.3 Å². The van der Waals surface area contributed by atoms with Crippen LogP contribution in [0.1, 0.15) is 24.0 Å². The van der Waals surface area contributed by atoms with E-state index in [-0.39, 0.29) is 5.82 Å². The summed E-state index contributed by atoms with van der Waals surface area (Å²) >= 11 is 2.05. The lowest BCUT2D eigenvalue weighted by Crippen LogP contribution is -2.22. The maximum atomic E-state index is 13.3. The zero-order chi connectivity index (χ0) is 11.4. The second kappa shape index (κ2) is 5.69. The molecule has 0 amide bonds. The zero-order valence-electron chi connectivity index (χ0n) is 9.63. The summed E-state index contributed by atoms with van der Waals surface area (Å²) in [4.78, 5) is 0. The van der Waals surface area contributed by atoms with Crippen molar-refractivity contribution >= 4 is 11.8 Å². The van der Waals surface area contributed by atoms with E-state index in [2.05, 4.69) is 5.32 Å². The number of halogens is 1. The second-order valence-corrected chi connectivity index (χ2v) is 5.76. The van der Waals surface area contributed by atoms with Crippen LogP contribution >= 0.6 is 11.8 Å². The van der Waals surface area contributed by atoms with Gasteiger partial charge in [0, 0.05) is 18.3 Å². The Labute approximate surface area is 101 Å². The normalized spacial score (nSPS) is 20.2. The SMILES string of the molecule is Cc1ccc(CNCC2CCCS2)cc1F. The smallest absolute Gasteiger partial charge is 0.126 e. The molecule has 0 aliphatic carbocycles. The largest absolute Gasteiger partial charge is 0.312 e. The van der Waals surface area contributed by atoms with Crippen LogP contribution in [0.5, 0.6) is 0 Å². The minimum atomic E-state index is -0.102. The Balaban J connectivity index is 1.78. The molecule has 1 saturated heterocycles. The average molecular weight is 239 g/mol. The lowest BCUT2D eigenvalue weighted by molar-refractivity contribution is 0.608. The van der Waals surface area contributed by atoms with Crippen molar-refractivity contribution in [1.82, 2.24) is 5.32 Å². The number of aryl methyl sites for hydroxylation is 1. The summed E-state index contributed by atoms with van der Waals surface area (Å²) in [6, 6.07) is 5.47. The van der Waals surface area contributed by atoms with Gasteiger partial charge in [-0.1, -0.05) is 12.1 Å². The molecule has 0 aromatic heterocycles. The summed E-state index contributed by atoms with van der Waals surface area (Å²) in [6.07, 6.45) is 2.66. The van der Waals surface area contributed by atoms with Gasteiger partial charge in [0.15, 0.2) is 0 Å². The van der Waals surface area contributed by atoms with E-state index in [0.29, 0.717) is 0 Å². The first-order chi connectivity index (χ1) is 7.75. The highest BCUT2D eigenvalue weighted by Gasteiger charge is 2.14. The van der Waals surface area contributed by atoms with Crippen LogP contribution in [0.4, 0.5) is 4.39 Å². The number of hydrogen-bond acceptors (Lipinski definition) is 2. The van der Waals surface area contributed by atoms with Gasteiger partial charge in [-0.25, -0.2) is 4.39 Å². The van der Waals surface area contributed by atoms with E-state index < -0.39 is 0 Å². The fourth-order valence-electron chi connectivity index (χ4n) is 1.93. The Kier molecular flexibility index (Phi) is 4.24. The second-order valence-electron chi connectivity index (χ2n) is 4.35. The molecule has 0 saturated carbocycles. The van der Waals surface area contributed by atoms with Crippen molar-refractivity contribution < 1.29 is 4.39 Å². The Hall–Kier alpha value is -0.540. The van der Waals surface area contributed by atoms with Gasteiger partial charge in [0.2, 0.25) is 0 Å². The molecule has 16 heavy (non-hydrogen) atoms. The molecular weight excluding hydrogens is 221 g/mol. The van der Waals surface area contributed by atoms with Crippen LogP contribution in [0.25, 0.3) is 0 Å². The predicted molar refractivity (Wildman–Crippen MR) is 68.3 cm³/mol. The van der Waals surface area contributed by atoms with Gasteiger partial charge in [0.1, 0.15) is 5.82 Å². The van der Waals surface area contributed by atoms with Gasteiger partial charge in [0.05, 0.1) is 0 Å². The van der Waals surface area contributed by atoms with Crippen molar-refractivity contribution in [3.8, 4) is 0 Å². The molecule has 1 heterocycles. The van der Waals surface area contributed by atoms with E-state index in [0.717, 1.165) is 29.5 Å². The van der Waals surface area contributed by atoms with Crippen molar-refractivity contribution in [3.63, 3.8) is 0 Å².